The smallest absolute Gasteiger partial charge is 0.323 e. The van der Waals surface area contributed by atoms with E-state index in [4.69, 9.17) is 32.7 Å². The van der Waals surface area contributed by atoms with E-state index in [0.717, 1.165) is 16.6 Å². The molecule has 0 radical (unpaired) electrons. The number of nitrogens with one attached hydrogen (secondary N) is 3. The van der Waals surface area contributed by atoms with Crippen molar-refractivity contribution < 1.29 is 14.3 Å². The molecule has 2 heterocycles. The summed E-state index contributed by atoms with van der Waals surface area (Å²) in [6, 6.07) is 13.8. The van der Waals surface area contributed by atoms with Gasteiger partial charge in [0.2, 0.25) is 0 Å². The summed E-state index contributed by atoms with van der Waals surface area (Å²) < 4.78 is 11.6. The average molecular weight is 509 g/mol. The van der Waals surface area contributed by atoms with Gasteiger partial charge >= 0.3 is 6.03 Å². The fourth-order valence-electron chi connectivity index (χ4n) is 3.93. The van der Waals surface area contributed by atoms with Gasteiger partial charge in [-0.05, 0) is 74.5 Å². The van der Waals surface area contributed by atoms with Crippen molar-refractivity contribution in [3.63, 3.8) is 0 Å². The molecule has 0 fully saturated rings. The predicted molar refractivity (Wildman–Crippen MR) is 141 cm³/mol. The fraction of sp³-hybridized carbons (Fsp3) is 0.154. The second-order valence-electron chi connectivity index (χ2n) is 8.62. The van der Waals surface area contributed by atoms with Crippen LogP contribution in [0.4, 0.5) is 16.2 Å². The zero-order valence-corrected chi connectivity index (χ0v) is 20.7. The minimum absolute atomic E-state index is 0.409. The Morgan fingerprint density at radius 2 is 1.91 bits per heavy atom. The van der Waals surface area contributed by atoms with E-state index in [1.54, 1.807) is 37.4 Å². The first-order chi connectivity index (χ1) is 16.7. The van der Waals surface area contributed by atoms with Crippen molar-refractivity contribution in [1.82, 2.24) is 9.97 Å². The fourth-order valence-corrected chi connectivity index (χ4v) is 4.42. The lowest BCUT2D eigenvalue weighted by atomic mass is 10.0. The van der Waals surface area contributed by atoms with Crippen molar-refractivity contribution in [3.05, 3.63) is 70.2 Å². The Morgan fingerprint density at radius 1 is 1.09 bits per heavy atom. The van der Waals surface area contributed by atoms with Crippen LogP contribution >= 0.6 is 23.2 Å². The molecule has 1 aromatic heterocycles. The van der Waals surface area contributed by atoms with Crippen molar-refractivity contribution >= 4 is 57.7 Å². The first kappa shape index (κ1) is 23.1. The number of nitrogens with zero attached hydrogens (tertiary/aromatic N) is 1. The SMILES string of the molecule is COc1c(NC(=O)Nc2ccc3[nH]c(-c4ccc(Cl)cc4Cl)nc3c2)ccc2c1C=CC(C)(C)O2. The predicted octanol–water partition coefficient (Wildman–Crippen LogP) is 7.37. The minimum Gasteiger partial charge on any atom is -0.494 e. The topological polar surface area (TPSA) is 88.3 Å². The number of H-pyrrole nitrogens is 1. The molecule has 7 nitrogen and oxygen atoms in total. The van der Waals surface area contributed by atoms with Crippen LogP contribution in [-0.2, 0) is 0 Å². The minimum atomic E-state index is -0.417. The van der Waals surface area contributed by atoms with Gasteiger partial charge < -0.3 is 25.1 Å². The molecule has 3 N–H and O–H groups in total. The highest BCUT2D eigenvalue weighted by Crippen LogP contribution is 2.41. The number of hydrogen-bond acceptors (Lipinski definition) is 4. The molecular weight excluding hydrogens is 487 g/mol. The molecule has 5 rings (SSSR count). The number of rotatable bonds is 4. The highest BCUT2D eigenvalue weighted by Gasteiger charge is 2.25. The zero-order chi connectivity index (χ0) is 24.7. The van der Waals surface area contributed by atoms with Gasteiger partial charge in [0.15, 0.2) is 5.75 Å². The maximum absolute atomic E-state index is 12.8. The number of urea groups is 1. The number of fused-ring (bicyclic) bond motifs is 2. The van der Waals surface area contributed by atoms with Crippen LogP contribution in [0.1, 0.15) is 19.4 Å². The molecule has 4 aromatic rings. The molecular formula is C26H22Cl2N4O3. The van der Waals surface area contributed by atoms with Crippen molar-refractivity contribution in [2.75, 3.05) is 17.7 Å². The van der Waals surface area contributed by atoms with Crippen molar-refractivity contribution in [2.24, 2.45) is 0 Å². The number of carbonyl (C=O) groups excluding carboxylic acids is 1. The lowest BCUT2D eigenvalue weighted by molar-refractivity contribution is 0.158. The van der Waals surface area contributed by atoms with Crippen LogP contribution in [0.15, 0.2) is 54.6 Å². The molecule has 0 unspecified atom stereocenters. The van der Waals surface area contributed by atoms with Crippen LogP contribution in [-0.4, -0.2) is 28.7 Å². The number of imidazole rings is 1. The second-order valence-corrected chi connectivity index (χ2v) is 9.46. The Labute approximate surface area is 212 Å². The number of carbonyl (C=O) groups is 1. The number of anilines is 2. The standard InChI is InChI=1S/C26H22Cl2N4O3/c1-26(2)11-10-17-22(35-26)9-8-20(23(17)34-3)32-25(33)29-15-5-7-19-21(13-15)31-24(30-19)16-6-4-14(27)12-18(16)28/h4-13H,1-3H3,(H,30,31)(H2,29,32,33). The lowest BCUT2D eigenvalue weighted by Crippen LogP contribution is -2.27. The molecule has 1 aliphatic rings. The number of aromatic nitrogens is 2. The molecule has 0 saturated heterocycles. The van der Waals surface area contributed by atoms with Crippen molar-refractivity contribution in [2.45, 2.75) is 19.4 Å². The van der Waals surface area contributed by atoms with Gasteiger partial charge in [-0.1, -0.05) is 23.2 Å². The van der Waals surface area contributed by atoms with E-state index in [1.165, 1.54) is 0 Å². The molecule has 9 heteroatoms. The molecule has 0 atom stereocenters. The summed E-state index contributed by atoms with van der Waals surface area (Å²) >= 11 is 12.3. The van der Waals surface area contributed by atoms with Crippen LogP contribution in [0.5, 0.6) is 11.5 Å². The molecule has 0 aliphatic carbocycles. The molecule has 0 saturated carbocycles. The van der Waals surface area contributed by atoms with Gasteiger partial charge in [-0.15, -0.1) is 0 Å². The maximum atomic E-state index is 12.8. The van der Waals surface area contributed by atoms with E-state index in [0.29, 0.717) is 44.3 Å². The first-order valence-electron chi connectivity index (χ1n) is 10.8. The highest BCUT2D eigenvalue weighted by atomic mass is 35.5. The van der Waals surface area contributed by atoms with Crippen molar-refractivity contribution in [1.29, 1.82) is 0 Å². The van der Waals surface area contributed by atoms with Crippen LogP contribution < -0.4 is 20.1 Å². The molecule has 0 bridgehead atoms. The second kappa shape index (κ2) is 8.83. The molecule has 0 spiro atoms. The van der Waals surface area contributed by atoms with E-state index in [9.17, 15) is 4.79 Å². The van der Waals surface area contributed by atoms with E-state index in [-0.39, 0.29) is 0 Å². The largest absolute Gasteiger partial charge is 0.494 e. The average Bonchev–Trinajstić information content (AvgIpc) is 3.21. The monoisotopic (exact) mass is 508 g/mol. The lowest BCUT2D eigenvalue weighted by Gasteiger charge is -2.29. The quantitative estimate of drug-likeness (QED) is 0.268. The Balaban J connectivity index is 1.36. The number of amides is 2. The summed E-state index contributed by atoms with van der Waals surface area (Å²) in [4.78, 5) is 20.6. The number of ether oxygens (including phenoxy) is 2. The van der Waals surface area contributed by atoms with E-state index in [2.05, 4.69) is 20.6 Å². The third kappa shape index (κ3) is 4.65. The molecule has 178 valence electrons. The number of benzene rings is 3. The van der Waals surface area contributed by atoms with Crippen LogP contribution in [0.2, 0.25) is 10.0 Å². The Kier molecular flexibility index (Phi) is 5.83. The summed E-state index contributed by atoms with van der Waals surface area (Å²) in [6.07, 6.45) is 3.89. The number of aromatic amines is 1. The molecule has 2 amide bonds. The summed E-state index contributed by atoms with van der Waals surface area (Å²) in [5.41, 5.74) is 3.70. The third-order valence-electron chi connectivity index (χ3n) is 5.56. The Bertz CT molecular complexity index is 1490. The Hall–Kier alpha value is -3.68. The van der Waals surface area contributed by atoms with Crippen LogP contribution in [0.25, 0.3) is 28.5 Å². The number of methoxy groups -OCH3 is 1. The molecule has 3 aromatic carbocycles. The normalized spacial score (nSPS) is 13.7. The number of halogens is 2. The van der Waals surface area contributed by atoms with Gasteiger partial charge in [0, 0.05) is 16.3 Å². The van der Waals surface area contributed by atoms with Crippen LogP contribution in [0, 0.1) is 0 Å². The number of hydrogen-bond donors (Lipinski definition) is 3. The Morgan fingerprint density at radius 3 is 2.69 bits per heavy atom. The van der Waals surface area contributed by atoms with Crippen LogP contribution in [0.3, 0.4) is 0 Å². The zero-order valence-electron chi connectivity index (χ0n) is 19.2. The molecule has 35 heavy (non-hydrogen) atoms. The van der Waals surface area contributed by atoms with E-state index < -0.39 is 11.6 Å². The summed E-state index contributed by atoms with van der Waals surface area (Å²) in [5, 5.41) is 6.74. The van der Waals surface area contributed by atoms with E-state index >= 15 is 0 Å². The van der Waals surface area contributed by atoms with Crippen molar-refractivity contribution in [3.8, 4) is 22.9 Å². The van der Waals surface area contributed by atoms with E-state index in [1.807, 2.05) is 44.2 Å². The summed E-state index contributed by atoms with van der Waals surface area (Å²) in [5.74, 6) is 1.83. The van der Waals surface area contributed by atoms with Gasteiger partial charge in [-0.3, -0.25) is 0 Å². The van der Waals surface area contributed by atoms with Gasteiger partial charge in [-0.2, -0.15) is 0 Å². The first-order valence-corrected chi connectivity index (χ1v) is 11.6. The molecule has 1 aliphatic heterocycles. The van der Waals surface area contributed by atoms with Gasteiger partial charge in [-0.25, -0.2) is 9.78 Å². The van der Waals surface area contributed by atoms with Gasteiger partial charge in [0.25, 0.3) is 0 Å². The maximum Gasteiger partial charge on any atom is 0.323 e. The van der Waals surface area contributed by atoms with Gasteiger partial charge in [0.05, 0.1) is 34.4 Å². The summed E-state index contributed by atoms with van der Waals surface area (Å²) in [7, 11) is 1.56. The highest BCUT2D eigenvalue weighted by molar-refractivity contribution is 6.36. The summed E-state index contributed by atoms with van der Waals surface area (Å²) in [6.45, 7) is 3.95. The third-order valence-corrected chi connectivity index (χ3v) is 6.11. The van der Waals surface area contributed by atoms with Gasteiger partial charge in [0.1, 0.15) is 17.2 Å².